The minimum Gasteiger partial charge on any atom is -0.387 e. The summed E-state index contributed by atoms with van der Waals surface area (Å²) in [5, 5.41) is 9.96. The van der Waals surface area contributed by atoms with E-state index >= 15 is 0 Å². The molecule has 2 rings (SSSR count). The second kappa shape index (κ2) is 5.50. The number of hydrogen-bond acceptors (Lipinski definition) is 2. The van der Waals surface area contributed by atoms with Gasteiger partial charge in [0, 0.05) is 6.07 Å². The molecule has 0 saturated carbocycles. The summed E-state index contributed by atoms with van der Waals surface area (Å²) in [6.07, 6.45) is -5.82. The zero-order valence-corrected chi connectivity index (χ0v) is 10.3. The minimum absolute atomic E-state index is 0.446. The third kappa shape index (κ3) is 3.08. The van der Waals surface area contributed by atoms with Gasteiger partial charge in [0.25, 0.3) is 5.56 Å². The summed E-state index contributed by atoms with van der Waals surface area (Å²) in [5.41, 5.74) is -1.41. The van der Waals surface area contributed by atoms with E-state index in [1.807, 2.05) is 0 Å². The highest BCUT2D eigenvalue weighted by atomic mass is 19.4. The molecule has 0 aliphatic carbocycles. The van der Waals surface area contributed by atoms with Crippen molar-refractivity contribution in [3.8, 4) is 0 Å². The number of aliphatic hydroxyl groups is 1. The third-order valence-electron chi connectivity index (χ3n) is 2.88. The van der Waals surface area contributed by atoms with Crippen LogP contribution >= 0.6 is 0 Å². The molecule has 0 bridgehead atoms. The lowest BCUT2D eigenvalue weighted by Gasteiger charge is -2.18. The van der Waals surface area contributed by atoms with Gasteiger partial charge < -0.3 is 9.67 Å². The molecule has 0 aliphatic heterocycles. The number of aromatic nitrogens is 1. The van der Waals surface area contributed by atoms with E-state index in [9.17, 15) is 23.1 Å². The Kier molecular flexibility index (Phi) is 3.94. The van der Waals surface area contributed by atoms with Gasteiger partial charge in [0.15, 0.2) is 0 Å². The lowest BCUT2D eigenvalue weighted by atomic mass is 10.1. The lowest BCUT2D eigenvalue weighted by molar-refractivity contribution is -0.144. The van der Waals surface area contributed by atoms with Gasteiger partial charge in [-0.2, -0.15) is 13.2 Å². The molecule has 1 unspecified atom stereocenters. The summed E-state index contributed by atoms with van der Waals surface area (Å²) in [4.78, 5) is 11.6. The second-order valence-electron chi connectivity index (χ2n) is 4.28. The fraction of sp³-hybridized carbons (Fsp3) is 0.214. The molecular weight excluding hydrogens is 271 g/mol. The van der Waals surface area contributed by atoms with Crippen LogP contribution in [0.2, 0.25) is 0 Å². The van der Waals surface area contributed by atoms with Crippen LogP contribution in [0.1, 0.15) is 17.4 Å². The van der Waals surface area contributed by atoms with Crippen LogP contribution < -0.4 is 5.56 Å². The molecule has 106 valence electrons. The highest BCUT2D eigenvalue weighted by molar-refractivity contribution is 5.18. The van der Waals surface area contributed by atoms with Crippen LogP contribution in [0.15, 0.2) is 53.3 Å². The van der Waals surface area contributed by atoms with Crippen LogP contribution in [0.25, 0.3) is 0 Å². The number of benzene rings is 1. The first-order chi connectivity index (χ1) is 9.39. The molecule has 0 aliphatic rings. The van der Waals surface area contributed by atoms with Crippen molar-refractivity contribution in [2.24, 2.45) is 0 Å². The molecule has 6 heteroatoms. The number of hydrogen-bond donors (Lipinski definition) is 1. The Labute approximate surface area is 112 Å². The standard InChI is InChI=1S/C14H12F3NO2/c15-14(16,17)12-7-4-8-13(20)18(12)9-11(19)10-5-2-1-3-6-10/h1-8,11,19H,9H2. The summed E-state index contributed by atoms with van der Waals surface area (Å²) >= 11 is 0. The monoisotopic (exact) mass is 283 g/mol. The third-order valence-corrected chi connectivity index (χ3v) is 2.88. The lowest BCUT2D eigenvalue weighted by Crippen LogP contribution is -2.29. The van der Waals surface area contributed by atoms with Gasteiger partial charge in [-0.25, -0.2) is 0 Å². The van der Waals surface area contributed by atoms with Crippen molar-refractivity contribution in [2.45, 2.75) is 18.8 Å². The van der Waals surface area contributed by atoms with Gasteiger partial charge in [0.1, 0.15) is 5.69 Å². The highest BCUT2D eigenvalue weighted by Gasteiger charge is 2.34. The molecule has 0 amide bonds. The molecule has 0 fully saturated rings. The Hall–Kier alpha value is -2.08. The van der Waals surface area contributed by atoms with Gasteiger partial charge in [0.2, 0.25) is 0 Å². The van der Waals surface area contributed by atoms with Crippen molar-refractivity contribution in [3.63, 3.8) is 0 Å². The SMILES string of the molecule is O=c1cccc(C(F)(F)F)n1CC(O)c1ccccc1. The normalized spacial score (nSPS) is 13.2. The molecule has 1 heterocycles. The van der Waals surface area contributed by atoms with Gasteiger partial charge >= 0.3 is 6.18 Å². The summed E-state index contributed by atoms with van der Waals surface area (Å²) in [6.45, 7) is -0.446. The van der Waals surface area contributed by atoms with Crippen LogP contribution in [-0.2, 0) is 12.7 Å². The molecule has 1 aromatic carbocycles. The molecule has 1 atom stereocenters. The number of halogens is 3. The number of pyridine rings is 1. The van der Waals surface area contributed by atoms with Crippen LogP contribution in [0.3, 0.4) is 0 Å². The second-order valence-corrected chi connectivity index (χ2v) is 4.28. The Morgan fingerprint density at radius 3 is 2.30 bits per heavy atom. The number of aliphatic hydroxyl groups excluding tert-OH is 1. The first-order valence-corrected chi connectivity index (χ1v) is 5.89. The van der Waals surface area contributed by atoms with Crippen molar-refractivity contribution in [1.29, 1.82) is 0 Å². The van der Waals surface area contributed by atoms with Gasteiger partial charge in [-0.15, -0.1) is 0 Å². The fourth-order valence-corrected chi connectivity index (χ4v) is 1.91. The van der Waals surface area contributed by atoms with Gasteiger partial charge in [0.05, 0.1) is 12.6 Å². The Balaban J connectivity index is 2.37. The zero-order chi connectivity index (χ0) is 14.8. The number of nitrogens with zero attached hydrogens (tertiary/aromatic N) is 1. The van der Waals surface area contributed by atoms with Crippen molar-refractivity contribution >= 4 is 0 Å². The average Bonchev–Trinajstić information content (AvgIpc) is 2.40. The highest BCUT2D eigenvalue weighted by Crippen LogP contribution is 2.29. The first kappa shape index (κ1) is 14.3. The molecule has 3 nitrogen and oxygen atoms in total. The predicted octanol–water partition coefficient (Wildman–Crippen LogP) is 2.60. The predicted molar refractivity (Wildman–Crippen MR) is 67.1 cm³/mol. The summed E-state index contributed by atoms with van der Waals surface area (Å²) in [6, 6.07) is 11.1. The maximum Gasteiger partial charge on any atom is 0.431 e. The molecule has 20 heavy (non-hydrogen) atoms. The van der Waals surface area contributed by atoms with Crippen molar-refractivity contribution in [2.75, 3.05) is 0 Å². The van der Waals surface area contributed by atoms with E-state index in [4.69, 9.17) is 0 Å². The van der Waals surface area contributed by atoms with E-state index in [1.54, 1.807) is 30.3 Å². The molecule has 2 aromatic rings. The fourth-order valence-electron chi connectivity index (χ4n) is 1.91. The molecule has 0 radical (unpaired) electrons. The van der Waals surface area contributed by atoms with Gasteiger partial charge in [-0.1, -0.05) is 36.4 Å². The maximum atomic E-state index is 12.8. The van der Waals surface area contributed by atoms with E-state index in [1.165, 1.54) is 0 Å². The van der Waals surface area contributed by atoms with Crippen molar-refractivity contribution in [3.05, 3.63) is 70.1 Å². The van der Waals surface area contributed by atoms with Crippen LogP contribution in [0, 0.1) is 0 Å². The molecular formula is C14H12F3NO2. The zero-order valence-electron chi connectivity index (χ0n) is 10.3. The van der Waals surface area contributed by atoms with Crippen molar-refractivity contribution in [1.82, 2.24) is 4.57 Å². The largest absolute Gasteiger partial charge is 0.431 e. The van der Waals surface area contributed by atoms with E-state index in [-0.39, 0.29) is 0 Å². The van der Waals surface area contributed by atoms with E-state index in [0.717, 1.165) is 18.2 Å². The summed E-state index contributed by atoms with van der Waals surface area (Å²) in [5.74, 6) is 0. The van der Waals surface area contributed by atoms with E-state index in [0.29, 0.717) is 10.1 Å². The van der Waals surface area contributed by atoms with Crippen LogP contribution in [-0.4, -0.2) is 9.67 Å². The molecule has 1 N–H and O–H groups in total. The summed E-state index contributed by atoms with van der Waals surface area (Å²) < 4.78 is 39.1. The summed E-state index contributed by atoms with van der Waals surface area (Å²) in [7, 11) is 0. The van der Waals surface area contributed by atoms with Crippen molar-refractivity contribution < 1.29 is 18.3 Å². The first-order valence-electron chi connectivity index (χ1n) is 5.89. The van der Waals surface area contributed by atoms with E-state index in [2.05, 4.69) is 0 Å². The van der Waals surface area contributed by atoms with Gasteiger partial charge in [-0.3, -0.25) is 4.79 Å². The average molecular weight is 283 g/mol. The van der Waals surface area contributed by atoms with Crippen LogP contribution in [0.4, 0.5) is 13.2 Å². The molecule has 1 aromatic heterocycles. The van der Waals surface area contributed by atoms with E-state index < -0.39 is 30.1 Å². The molecule has 0 saturated heterocycles. The van der Waals surface area contributed by atoms with Crippen LogP contribution in [0.5, 0.6) is 0 Å². The quantitative estimate of drug-likeness (QED) is 0.940. The molecule has 0 spiro atoms. The minimum atomic E-state index is -4.64. The smallest absolute Gasteiger partial charge is 0.387 e. The Morgan fingerprint density at radius 1 is 1.05 bits per heavy atom. The maximum absolute atomic E-state index is 12.8. The van der Waals surface area contributed by atoms with Gasteiger partial charge in [-0.05, 0) is 11.6 Å². The number of alkyl halides is 3. The Morgan fingerprint density at radius 2 is 1.70 bits per heavy atom. The number of rotatable bonds is 3. The Bertz CT molecular complexity index is 635. The topological polar surface area (TPSA) is 42.2 Å².